The van der Waals surface area contributed by atoms with E-state index in [2.05, 4.69) is 5.32 Å². The third kappa shape index (κ3) is 2.98. The van der Waals surface area contributed by atoms with Crippen LogP contribution in [0.4, 0.5) is 10.5 Å². The van der Waals surface area contributed by atoms with Crippen LogP contribution in [0.25, 0.3) is 0 Å². The van der Waals surface area contributed by atoms with E-state index in [-0.39, 0.29) is 28.9 Å². The molecular weight excluding hydrogens is 266 g/mol. The molecule has 0 bridgehead atoms. The molecule has 1 aliphatic rings. The number of amides is 2. The second-order valence-electron chi connectivity index (χ2n) is 4.58. The fourth-order valence-corrected chi connectivity index (χ4v) is 3.39. The number of benzene rings is 1. The standard InChI is InChI=1S/C12H17N3O3S/c1-9-2-3-11(10(13)8-9)19(17,18)7-6-15-5-4-14-12(15)16/h2-3,8H,4-7,13H2,1H3,(H,14,16). The highest BCUT2D eigenvalue weighted by molar-refractivity contribution is 7.91. The van der Waals surface area contributed by atoms with Gasteiger partial charge in [-0.05, 0) is 24.6 Å². The van der Waals surface area contributed by atoms with Crippen molar-refractivity contribution in [2.75, 3.05) is 31.1 Å². The molecule has 3 N–H and O–H groups in total. The Kier molecular flexibility index (Phi) is 3.66. The van der Waals surface area contributed by atoms with E-state index < -0.39 is 9.84 Å². The Balaban J connectivity index is 2.12. The predicted octanol–water partition coefficient (Wildman–Crippen LogP) is 0.376. The molecule has 1 aliphatic heterocycles. The molecule has 1 saturated heterocycles. The van der Waals surface area contributed by atoms with Gasteiger partial charge in [-0.3, -0.25) is 0 Å². The number of nitrogen functional groups attached to an aromatic ring is 1. The Morgan fingerprint density at radius 3 is 2.74 bits per heavy atom. The number of aryl methyl sites for hydroxylation is 1. The van der Waals surface area contributed by atoms with E-state index in [9.17, 15) is 13.2 Å². The molecule has 0 saturated carbocycles. The molecule has 6 nitrogen and oxygen atoms in total. The fourth-order valence-electron chi connectivity index (χ4n) is 2.02. The Morgan fingerprint density at radius 2 is 2.16 bits per heavy atom. The minimum atomic E-state index is -3.47. The average Bonchev–Trinajstić information content (AvgIpc) is 2.72. The number of carbonyl (C=O) groups excluding carboxylic acids is 1. The molecule has 0 unspecified atom stereocenters. The third-order valence-electron chi connectivity index (χ3n) is 3.08. The molecule has 19 heavy (non-hydrogen) atoms. The molecule has 1 fully saturated rings. The smallest absolute Gasteiger partial charge is 0.317 e. The summed E-state index contributed by atoms with van der Waals surface area (Å²) in [5.74, 6) is -0.117. The van der Waals surface area contributed by atoms with Gasteiger partial charge in [-0.15, -0.1) is 0 Å². The van der Waals surface area contributed by atoms with Gasteiger partial charge in [-0.25, -0.2) is 13.2 Å². The van der Waals surface area contributed by atoms with Gasteiger partial charge in [0, 0.05) is 19.6 Å². The highest BCUT2D eigenvalue weighted by atomic mass is 32.2. The highest BCUT2D eigenvalue weighted by Gasteiger charge is 2.23. The van der Waals surface area contributed by atoms with Gasteiger partial charge < -0.3 is 16.0 Å². The Bertz CT molecular complexity index is 598. The number of nitrogens with two attached hydrogens (primary N) is 1. The van der Waals surface area contributed by atoms with Gasteiger partial charge >= 0.3 is 6.03 Å². The molecule has 2 amide bonds. The first-order valence-corrected chi connectivity index (χ1v) is 7.67. The number of anilines is 1. The van der Waals surface area contributed by atoms with E-state index in [1.165, 1.54) is 11.0 Å². The minimum Gasteiger partial charge on any atom is -0.398 e. The van der Waals surface area contributed by atoms with Crippen molar-refractivity contribution in [1.82, 2.24) is 10.2 Å². The molecule has 0 atom stereocenters. The fraction of sp³-hybridized carbons (Fsp3) is 0.417. The van der Waals surface area contributed by atoms with Crippen LogP contribution in [-0.2, 0) is 9.84 Å². The summed E-state index contributed by atoms with van der Waals surface area (Å²) in [7, 11) is -3.47. The molecule has 7 heteroatoms. The average molecular weight is 283 g/mol. The number of rotatable bonds is 4. The normalized spacial score (nSPS) is 15.6. The lowest BCUT2D eigenvalue weighted by atomic mass is 10.2. The lowest BCUT2D eigenvalue weighted by Crippen LogP contribution is -2.32. The van der Waals surface area contributed by atoms with Gasteiger partial charge in [0.1, 0.15) is 0 Å². The largest absolute Gasteiger partial charge is 0.398 e. The second-order valence-corrected chi connectivity index (χ2v) is 6.66. The maximum atomic E-state index is 12.2. The van der Waals surface area contributed by atoms with Gasteiger partial charge in [0.15, 0.2) is 9.84 Å². The van der Waals surface area contributed by atoms with E-state index in [1.54, 1.807) is 12.1 Å². The van der Waals surface area contributed by atoms with Crippen molar-refractivity contribution in [3.8, 4) is 0 Å². The van der Waals surface area contributed by atoms with Crippen LogP contribution in [0.3, 0.4) is 0 Å². The molecule has 0 radical (unpaired) electrons. The second kappa shape index (κ2) is 5.08. The van der Waals surface area contributed by atoms with Crippen molar-refractivity contribution in [2.24, 2.45) is 0 Å². The number of urea groups is 1. The van der Waals surface area contributed by atoms with Crippen molar-refractivity contribution in [1.29, 1.82) is 0 Å². The van der Waals surface area contributed by atoms with Crippen molar-refractivity contribution < 1.29 is 13.2 Å². The number of carbonyl (C=O) groups is 1. The van der Waals surface area contributed by atoms with Crippen LogP contribution in [0.1, 0.15) is 5.56 Å². The molecule has 104 valence electrons. The highest BCUT2D eigenvalue weighted by Crippen LogP contribution is 2.21. The van der Waals surface area contributed by atoms with Crippen LogP contribution in [0.15, 0.2) is 23.1 Å². The number of nitrogens with zero attached hydrogens (tertiary/aromatic N) is 1. The first-order chi connectivity index (χ1) is 8.90. The number of hydrogen-bond acceptors (Lipinski definition) is 4. The topological polar surface area (TPSA) is 92.5 Å². The summed E-state index contributed by atoms with van der Waals surface area (Å²) in [6.45, 7) is 3.13. The Labute approximate surface area is 112 Å². The first kappa shape index (κ1) is 13.7. The summed E-state index contributed by atoms with van der Waals surface area (Å²) in [6, 6.07) is 4.65. The van der Waals surface area contributed by atoms with Crippen LogP contribution in [-0.4, -0.2) is 44.7 Å². The lowest BCUT2D eigenvalue weighted by molar-refractivity contribution is 0.220. The SMILES string of the molecule is Cc1ccc(S(=O)(=O)CCN2CCNC2=O)c(N)c1. The molecule has 1 heterocycles. The van der Waals surface area contributed by atoms with E-state index >= 15 is 0 Å². The summed E-state index contributed by atoms with van der Waals surface area (Å²) in [5, 5.41) is 2.63. The van der Waals surface area contributed by atoms with Crippen LogP contribution in [0.2, 0.25) is 0 Å². The maximum Gasteiger partial charge on any atom is 0.317 e. The molecule has 1 aromatic carbocycles. The summed E-state index contributed by atoms with van der Waals surface area (Å²) < 4.78 is 24.4. The predicted molar refractivity (Wildman–Crippen MR) is 72.6 cm³/mol. The monoisotopic (exact) mass is 283 g/mol. The number of nitrogens with one attached hydrogen (secondary N) is 1. The number of hydrogen-bond donors (Lipinski definition) is 2. The van der Waals surface area contributed by atoms with Crippen molar-refractivity contribution >= 4 is 21.6 Å². The first-order valence-electron chi connectivity index (χ1n) is 6.02. The number of sulfone groups is 1. The quantitative estimate of drug-likeness (QED) is 0.781. The molecule has 0 spiro atoms. The van der Waals surface area contributed by atoms with Crippen molar-refractivity contribution in [3.05, 3.63) is 23.8 Å². The third-order valence-corrected chi connectivity index (χ3v) is 4.84. The molecule has 2 rings (SSSR count). The molecular formula is C12H17N3O3S. The zero-order chi connectivity index (χ0) is 14.0. The van der Waals surface area contributed by atoms with E-state index in [4.69, 9.17) is 5.73 Å². The van der Waals surface area contributed by atoms with Gasteiger partial charge in [-0.2, -0.15) is 0 Å². The van der Waals surface area contributed by atoms with Gasteiger partial charge in [0.2, 0.25) is 0 Å². The minimum absolute atomic E-state index is 0.117. The van der Waals surface area contributed by atoms with Crippen LogP contribution in [0, 0.1) is 6.92 Å². The maximum absolute atomic E-state index is 12.2. The molecule has 0 aromatic heterocycles. The zero-order valence-electron chi connectivity index (χ0n) is 10.7. The van der Waals surface area contributed by atoms with Gasteiger partial charge in [0.25, 0.3) is 0 Å². The van der Waals surface area contributed by atoms with Crippen LogP contribution in [0.5, 0.6) is 0 Å². The van der Waals surface area contributed by atoms with E-state index in [0.717, 1.165) is 5.56 Å². The lowest BCUT2D eigenvalue weighted by Gasteiger charge is -2.14. The van der Waals surface area contributed by atoms with Crippen molar-refractivity contribution in [3.63, 3.8) is 0 Å². The molecule has 1 aromatic rings. The summed E-state index contributed by atoms with van der Waals surface area (Å²) in [5.41, 5.74) is 6.91. The van der Waals surface area contributed by atoms with E-state index in [1.807, 2.05) is 6.92 Å². The molecule has 0 aliphatic carbocycles. The zero-order valence-corrected chi connectivity index (χ0v) is 11.5. The van der Waals surface area contributed by atoms with Gasteiger partial charge in [0.05, 0.1) is 16.3 Å². The Morgan fingerprint density at radius 1 is 1.42 bits per heavy atom. The van der Waals surface area contributed by atoms with E-state index in [0.29, 0.717) is 13.1 Å². The summed E-state index contributed by atoms with van der Waals surface area (Å²) >= 11 is 0. The van der Waals surface area contributed by atoms with Crippen LogP contribution >= 0.6 is 0 Å². The Hall–Kier alpha value is -1.76. The summed E-state index contributed by atoms with van der Waals surface area (Å²) in [4.78, 5) is 13.0. The van der Waals surface area contributed by atoms with Crippen molar-refractivity contribution in [2.45, 2.75) is 11.8 Å². The van der Waals surface area contributed by atoms with Gasteiger partial charge in [-0.1, -0.05) is 6.07 Å². The summed E-state index contributed by atoms with van der Waals surface area (Å²) in [6.07, 6.45) is 0. The van der Waals surface area contributed by atoms with Crippen LogP contribution < -0.4 is 11.1 Å².